The van der Waals surface area contributed by atoms with E-state index in [0.717, 1.165) is 19.3 Å². The molecule has 11 heavy (non-hydrogen) atoms. The summed E-state index contributed by atoms with van der Waals surface area (Å²) in [5.74, 6) is 0. The van der Waals surface area contributed by atoms with Gasteiger partial charge in [0.05, 0.1) is 20.1 Å². The number of rotatable bonds is 0. The normalized spacial score (nSPS) is 48.9. The third-order valence-corrected chi connectivity index (χ3v) is 4.77. The second-order valence-corrected chi connectivity index (χ2v) is 6.39. The molecule has 0 spiro atoms. The summed E-state index contributed by atoms with van der Waals surface area (Å²) in [5, 5.41) is 15.3. The Morgan fingerprint density at radius 1 is 1.00 bits per heavy atom. The van der Waals surface area contributed by atoms with Crippen LogP contribution in [0.15, 0.2) is 0 Å². The van der Waals surface area contributed by atoms with E-state index in [-0.39, 0.29) is 8.65 Å². The number of fused-ring (bicyclic) bond motifs is 2. The lowest BCUT2D eigenvalue weighted by molar-refractivity contribution is 0.805. The summed E-state index contributed by atoms with van der Waals surface area (Å²) < 4.78 is -0.346. The van der Waals surface area contributed by atoms with Crippen molar-refractivity contribution in [3.8, 4) is 0 Å². The molecule has 0 saturated heterocycles. The van der Waals surface area contributed by atoms with E-state index in [9.17, 15) is 0 Å². The fraction of sp³-hybridized carbons (Fsp3) is 0.714. The summed E-state index contributed by atoms with van der Waals surface area (Å²) in [6.45, 7) is 0. The molecule has 0 aromatic rings. The molecule has 2 fully saturated rings. The van der Waals surface area contributed by atoms with Gasteiger partial charge in [0.15, 0.2) is 0 Å². The molecule has 2 atom stereocenters. The Hall–Kier alpha value is 0.300. The summed E-state index contributed by atoms with van der Waals surface area (Å²) in [6, 6.07) is 0. The smallest absolute Gasteiger partial charge is 0.0707 e. The van der Waals surface area contributed by atoms with Crippen LogP contribution in [0, 0.1) is 10.8 Å². The number of alkyl halides is 2. The first-order chi connectivity index (χ1) is 4.98. The van der Waals surface area contributed by atoms with Crippen LogP contribution in [0.25, 0.3) is 0 Å². The Morgan fingerprint density at radius 2 is 1.36 bits per heavy atom. The van der Waals surface area contributed by atoms with Gasteiger partial charge in [0.1, 0.15) is 0 Å². The topological polar surface area (TPSA) is 47.7 Å². The highest BCUT2D eigenvalue weighted by Gasteiger charge is 2.59. The molecule has 2 saturated carbocycles. The van der Waals surface area contributed by atoms with Gasteiger partial charge in [0.2, 0.25) is 0 Å². The largest absolute Gasteiger partial charge is 0.302 e. The first-order valence-electron chi connectivity index (χ1n) is 3.54. The van der Waals surface area contributed by atoms with E-state index in [2.05, 4.69) is 31.9 Å². The molecule has 2 unspecified atom stereocenters. The third-order valence-electron chi connectivity index (χ3n) is 2.62. The van der Waals surface area contributed by atoms with Crippen LogP contribution < -0.4 is 0 Å². The Labute approximate surface area is 82.0 Å². The zero-order chi connectivity index (χ0) is 8.28. The molecule has 2 aliphatic rings. The second kappa shape index (κ2) is 1.96. The van der Waals surface area contributed by atoms with Gasteiger partial charge in [-0.15, -0.1) is 0 Å². The van der Waals surface area contributed by atoms with Gasteiger partial charge in [-0.3, -0.25) is 0 Å². The van der Waals surface area contributed by atoms with Crippen LogP contribution in [0.3, 0.4) is 0 Å². The minimum atomic E-state index is -0.173. The monoisotopic (exact) mass is 278 g/mol. The zero-order valence-electron chi connectivity index (χ0n) is 5.88. The molecule has 0 radical (unpaired) electrons. The first kappa shape index (κ1) is 7.92. The van der Waals surface area contributed by atoms with Gasteiger partial charge in [-0.05, 0) is 19.3 Å². The van der Waals surface area contributed by atoms with Gasteiger partial charge >= 0.3 is 0 Å². The van der Waals surface area contributed by atoms with Crippen molar-refractivity contribution in [2.24, 2.45) is 0 Å². The van der Waals surface area contributed by atoms with Gasteiger partial charge in [0.25, 0.3) is 0 Å². The maximum atomic E-state index is 7.66. The maximum Gasteiger partial charge on any atom is 0.0707 e. The van der Waals surface area contributed by atoms with Gasteiger partial charge < -0.3 is 10.8 Å². The SMILES string of the molecule is N=C1C(=N)C2(Br)CCC1(Br)C2. The van der Waals surface area contributed by atoms with Crippen molar-refractivity contribution in [1.29, 1.82) is 10.8 Å². The molecular weight excluding hydrogens is 272 g/mol. The first-order valence-corrected chi connectivity index (χ1v) is 5.13. The van der Waals surface area contributed by atoms with Gasteiger partial charge in [-0.25, -0.2) is 0 Å². The lowest BCUT2D eigenvalue weighted by atomic mass is 9.96. The average molecular weight is 280 g/mol. The number of nitrogens with one attached hydrogen (secondary N) is 2. The van der Waals surface area contributed by atoms with Crippen molar-refractivity contribution in [3.05, 3.63) is 0 Å². The van der Waals surface area contributed by atoms with E-state index < -0.39 is 0 Å². The van der Waals surface area contributed by atoms with Crippen LogP contribution in [0.2, 0.25) is 0 Å². The molecule has 0 heterocycles. The van der Waals surface area contributed by atoms with Crippen molar-refractivity contribution in [2.45, 2.75) is 27.9 Å². The van der Waals surface area contributed by atoms with E-state index in [4.69, 9.17) is 10.8 Å². The Morgan fingerprint density at radius 3 is 1.55 bits per heavy atom. The molecule has 2 N–H and O–H groups in total. The molecule has 2 nitrogen and oxygen atoms in total. The third kappa shape index (κ3) is 0.827. The van der Waals surface area contributed by atoms with E-state index in [1.54, 1.807) is 0 Å². The number of hydrogen-bond donors (Lipinski definition) is 2. The maximum absolute atomic E-state index is 7.66. The van der Waals surface area contributed by atoms with Crippen molar-refractivity contribution in [2.75, 3.05) is 0 Å². The molecule has 0 aliphatic heterocycles. The molecule has 2 aliphatic carbocycles. The van der Waals surface area contributed by atoms with Crippen molar-refractivity contribution in [3.63, 3.8) is 0 Å². The number of hydrogen-bond acceptors (Lipinski definition) is 2. The highest BCUT2D eigenvalue weighted by Crippen LogP contribution is 2.55. The standard InChI is InChI=1S/C7H8Br2N2/c8-6-1-2-7(9,3-6)5(11)4(6)10/h10-11H,1-3H2. The Balaban J connectivity index is 2.50. The van der Waals surface area contributed by atoms with Crippen LogP contribution >= 0.6 is 31.9 Å². The van der Waals surface area contributed by atoms with E-state index in [1.807, 2.05) is 0 Å². The van der Waals surface area contributed by atoms with E-state index in [0.29, 0.717) is 11.4 Å². The second-order valence-electron chi connectivity index (χ2n) is 3.36. The van der Waals surface area contributed by atoms with Crippen LogP contribution in [0.1, 0.15) is 19.3 Å². The molecule has 0 amide bonds. The molecule has 2 rings (SSSR count). The Kier molecular flexibility index (Phi) is 1.41. The molecule has 60 valence electrons. The quantitative estimate of drug-likeness (QED) is 0.640. The Bertz CT molecular complexity index is 237. The zero-order valence-corrected chi connectivity index (χ0v) is 9.05. The summed E-state index contributed by atoms with van der Waals surface area (Å²) in [4.78, 5) is 0. The number of halogens is 2. The fourth-order valence-corrected chi connectivity index (χ4v) is 4.02. The van der Waals surface area contributed by atoms with Gasteiger partial charge in [-0.1, -0.05) is 31.9 Å². The van der Waals surface area contributed by atoms with E-state index in [1.165, 1.54) is 0 Å². The minimum Gasteiger partial charge on any atom is -0.302 e. The summed E-state index contributed by atoms with van der Waals surface area (Å²) in [5.41, 5.74) is 0.946. The van der Waals surface area contributed by atoms with Gasteiger partial charge in [0, 0.05) is 0 Å². The van der Waals surface area contributed by atoms with Crippen molar-refractivity contribution >= 4 is 43.3 Å². The summed E-state index contributed by atoms with van der Waals surface area (Å²) in [7, 11) is 0. The van der Waals surface area contributed by atoms with Gasteiger partial charge in [-0.2, -0.15) is 0 Å². The molecule has 0 aromatic heterocycles. The lowest BCUT2D eigenvalue weighted by Gasteiger charge is -2.21. The molecular formula is C7H8Br2N2. The van der Waals surface area contributed by atoms with Crippen LogP contribution in [0.5, 0.6) is 0 Å². The average Bonchev–Trinajstić information content (AvgIpc) is 2.32. The van der Waals surface area contributed by atoms with Crippen LogP contribution in [-0.2, 0) is 0 Å². The minimum absolute atomic E-state index is 0.173. The van der Waals surface area contributed by atoms with Crippen molar-refractivity contribution in [1.82, 2.24) is 0 Å². The predicted molar refractivity (Wildman–Crippen MR) is 52.6 cm³/mol. The van der Waals surface area contributed by atoms with Crippen molar-refractivity contribution < 1.29 is 0 Å². The summed E-state index contributed by atoms with van der Waals surface area (Å²) >= 11 is 7.06. The predicted octanol–water partition coefficient (Wildman–Crippen LogP) is 2.49. The summed E-state index contributed by atoms with van der Waals surface area (Å²) in [6.07, 6.45) is 2.84. The fourth-order valence-electron chi connectivity index (χ4n) is 1.89. The van der Waals surface area contributed by atoms with Crippen LogP contribution in [-0.4, -0.2) is 20.1 Å². The molecule has 2 bridgehead atoms. The highest BCUT2D eigenvalue weighted by atomic mass is 79.9. The highest BCUT2D eigenvalue weighted by molar-refractivity contribution is 9.11. The van der Waals surface area contributed by atoms with Crippen LogP contribution in [0.4, 0.5) is 0 Å². The molecule has 4 heteroatoms. The molecule has 0 aromatic carbocycles. The van der Waals surface area contributed by atoms with E-state index >= 15 is 0 Å². The lowest BCUT2D eigenvalue weighted by Crippen LogP contribution is -2.35.